The molecule has 0 saturated heterocycles. The Hall–Kier alpha value is 0. The monoisotopic (exact) mass is 172 g/mol. The van der Waals surface area contributed by atoms with Gasteiger partial charge in [-0.2, -0.15) is 0 Å². The molecule has 0 aromatic rings. The van der Waals surface area contributed by atoms with Gasteiger partial charge in [-0.05, 0) is 0 Å². The molecule has 0 rings (SSSR count). The Morgan fingerprint density at radius 1 is 0.667 bits per heavy atom. The highest BCUT2D eigenvalue weighted by atomic mass is 14.5. The molecule has 0 spiro atoms. The summed E-state index contributed by atoms with van der Waals surface area (Å²) in [6.45, 7) is 4.56. The lowest BCUT2D eigenvalue weighted by atomic mass is 10.1. The molecule has 0 aliphatic rings. The third-order valence-electron chi connectivity index (χ3n) is 2.46. The summed E-state index contributed by atoms with van der Waals surface area (Å²) in [4.78, 5) is 0. The fraction of sp³-hybridized carbons (Fsp3) is 1.00. The van der Waals surface area contributed by atoms with Gasteiger partial charge in [-0.3, -0.25) is 0 Å². The molecule has 0 unspecified atom stereocenters. The van der Waals surface area contributed by atoms with Crippen LogP contribution >= 0.6 is 0 Å². The smallest absolute Gasteiger partial charge is 0.0533 e. The van der Waals surface area contributed by atoms with Gasteiger partial charge in [0.25, 0.3) is 0 Å². The lowest BCUT2D eigenvalue weighted by molar-refractivity contribution is 0.562. The van der Waals surface area contributed by atoms with Crippen molar-refractivity contribution in [3.63, 3.8) is 0 Å². The van der Waals surface area contributed by atoms with Crippen molar-refractivity contribution in [2.45, 2.75) is 78.1 Å². The molecule has 0 heteroatoms. The van der Waals surface area contributed by atoms with Gasteiger partial charge in [-0.1, -0.05) is 78.1 Å². The van der Waals surface area contributed by atoms with E-state index in [2.05, 4.69) is 13.8 Å². The summed E-state index contributed by atoms with van der Waals surface area (Å²) >= 11 is 0. The van der Waals surface area contributed by atoms with Crippen LogP contribution in [0.5, 0.6) is 0 Å². The Balaban J connectivity index is 2.73. The highest BCUT2D eigenvalue weighted by Gasteiger charge is 1.90. The zero-order valence-electron chi connectivity index (χ0n) is 9.07. The van der Waals surface area contributed by atoms with Crippen LogP contribution in [0.25, 0.3) is 0 Å². The van der Waals surface area contributed by atoms with E-state index in [0.717, 1.165) is 0 Å². The van der Waals surface area contributed by atoms with Crippen molar-refractivity contribution in [1.82, 2.24) is 0 Å². The second-order valence-electron chi connectivity index (χ2n) is 3.83. The summed E-state index contributed by atoms with van der Waals surface area (Å²) in [6.07, 6.45) is 14.4. The summed E-state index contributed by atoms with van der Waals surface area (Å²) in [7, 11) is 0. The number of hydrogen-bond acceptors (Lipinski definition) is 0. The van der Waals surface area contributed by atoms with Gasteiger partial charge < -0.3 is 0 Å². The molecule has 0 aromatic heterocycles. The van der Waals surface area contributed by atoms with Crippen LogP contribution in [0.15, 0.2) is 0 Å². The minimum atomic E-state index is 1.37. The van der Waals surface area contributed by atoms with Crippen LogP contribution in [0, 0.1) is 0 Å². The maximum Gasteiger partial charge on any atom is -0.0533 e. The minimum absolute atomic E-state index is 1.37. The molecule has 0 aliphatic heterocycles. The Bertz CT molecular complexity index is 56.4. The van der Waals surface area contributed by atoms with Crippen LogP contribution in [-0.4, -0.2) is 0 Å². The number of unbranched alkanes of at least 4 members (excludes halogenated alkanes) is 9. The van der Waals surface area contributed by atoms with Crippen molar-refractivity contribution in [1.29, 1.82) is 0 Å². The Labute approximate surface area is 78.8 Å². The lowest BCUT2D eigenvalue weighted by Gasteiger charge is -1.99. The molecule has 0 bridgehead atoms. The van der Waals surface area contributed by atoms with E-state index in [9.17, 15) is 0 Å². The molecular formula is C12H26. The zero-order chi connectivity index (χ0) is 9.07. The first-order chi connectivity index (χ1) is 5.91. The summed E-state index contributed by atoms with van der Waals surface area (Å²) in [5.41, 5.74) is 0. The molecule has 0 aromatic carbocycles. The average Bonchev–Trinajstić information content (AvgIpc) is 2.10. The molecule has 0 fully saturated rings. The first kappa shape index (κ1) is 12.0. The molecule has 12 heavy (non-hydrogen) atoms. The molecule has 0 saturated carbocycles. The van der Waals surface area contributed by atoms with Gasteiger partial charge in [-0.25, -0.2) is 0 Å². The first-order valence-corrected chi connectivity index (χ1v) is 5.91. The highest BCUT2D eigenvalue weighted by Crippen LogP contribution is 2.09. The quantitative estimate of drug-likeness (QED) is 0.433. The van der Waals surface area contributed by atoms with Crippen LogP contribution < -0.4 is 0 Å². The van der Waals surface area contributed by atoms with Crippen LogP contribution in [0.3, 0.4) is 0 Å². The molecule has 0 heterocycles. The Kier molecular flexibility index (Phi) is 11.0. The molecule has 0 N–H and O–H groups in total. The topological polar surface area (TPSA) is 0 Å². The number of rotatable bonds is 9. The molecule has 0 radical (unpaired) electrons. The van der Waals surface area contributed by atoms with Crippen LogP contribution in [0.4, 0.5) is 0 Å². The predicted octanol–water partition coefficient (Wildman–Crippen LogP) is 4.93. The van der Waals surface area contributed by atoms with E-state index >= 15 is 0 Å². The standard InChI is InChI=1S/C12H26/c1-3-5-7-9-11-12-10-8-6-4-2/h3-12H2,1-2H3/i1+2. The van der Waals surface area contributed by atoms with Crippen molar-refractivity contribution in [2.24, 2.45) is 0 Å². The van der Waals surface area contributed by atoms with Gasteiger partial charge in [0.2, 0.25) is 0 Å². The van der Waals surface area contributed by atoms with Crippen molar-refractivity contribution in [2.75, 3.05) is 0 Å². The van der Waals surface area contributed by atoms with Gasteiger partial charge in [-0.15, -0.1) is 0 Å². The molecule has 74 valence electrons. The van der Waals surface area contributed by atoms with Crippen molar-refractivity contribution >= 4 is 0 Å². The average molecular weight is 172 g/mol. The third kappa shape index (κ3) is 10.0. The van der Waals surface area contributed by atoms with Gasteiger partial charge in [0.15, 0.2) is 0 Å². The summed E-state index contributed by atoms with van der Waals surface area (Å²) in [5.74, 6) is 0. The van der Waals surface area contributed by atoms with Crippen LogP contribution in [-0.2, 0) is 0 Å². The third-order valence-corrected chi connectivity index (χ3v) is 2.46. The maximum absolute atomic E-state index is 2.28. The summed E-state index contributed by atoms with van der Waals surface area (Å²) < 4.78 is 0. The maximum atomic E-state index is 2.28. The zero-order valence-corrected chi connectivity index (χ0v) is 9.07. The van der Waals surface area contributed by atoms with E-state index in [1.807, 2.05) is 0 Å². The van der Waals surface area contributed by atoms with E-state index in [1.165, 1.54) is 64.2 Å². The van der Waals surface area contributed by atoms with Gasteiger partial charge in [0.1, 0.15) is 0 Å². The van der Waals surface area contributed by atoms with E-state index < -0.39 is 0 Å². The van der Waals surface area contributed by atoms with E-state index in [4.69, 9.17) is 0 Å². The Morgan fingerprint density at radius 3 is 1.50 bits per heavy atom. The van der Waals surface area contributed by atoms with Crippen molar-refractivity contribution in [3.05, 3.63) is 0 Å². The van der Waals surface area contributed by atoms with E-state index in [0.29, 0.717) is 0 Å². The Morgan fingerprint density at radius 2 is 1.08 bits per heavy atom. The summed E-state index contributed by atoms with van der Waals surface area (Å²) in [5, 5.41) is 0. The molecule has 0 amide bonds. The largest absolute Gasteiger partial charge is 0.0654 e. The molecular weight excluding hydrogens is 146 g/mol. The SMILES string of the molecule is CCCCCCCCCCC[14CH3]. The minimum Gasteiger partial charge on any atom is -0.0654 e. The molecule has 0 nitrogen and oxygen atoms in total. The molecule has 0 aliphatic carbocycles. The highest BCUT2D eigenvalue weighted by molar-refractivity contribution is 4.45. The summed E-state index contributed by atoms with van der Waals surface area (Å²) in [6, 6.07) is 0. The van der Waals surface area contributed by atoms with Crippen LogP contribution in [0.2, 0.25) is 0 Å². The lowest BCUT2D eigenvalue weighted by Crippen LogP contribution is -1.80. The fourth-order valence-electron chi connectivity index (χ4n) is 1.56. The van der Waals surface area contributed by atoms with Crippen molar-refractivity contribution in [3.8, 4) is 0 Å². The van der Waals surface area contributed by atoms with Gasteiger partial charge >= 0.3 is 0 Å². The fourth-order valence-corrected chi connectivity index (χ4v) is 1.56. The number of hydrogen-bond donors (Lipinski definition) is 0. The first-order valence-electron chi connectivity index (χ1n) is 5.91. The van der Waals surface area contributed by atoms with Crippen molar-refractivity contribution < 1.29 is 0 Å². The normalized spacial score (nSPS) is 10.5. The van der Waals surface area contributed by atoms with Gasteiger partial charge in [0.05, 0.1) is 0 Å². The van der Waals surface area contributed by atoms with Gasteiger partial charge in [0, 0.05) is 0 Å². The van der Waals surface area contributed by atoms with E-state index in [-0.39, 0.29) is 0 Å². The second-order valence-corrected chi connectivity index (χ2v) is 3.83. The van der Waals surface area contributed by atoms with Crippen LogP contribution in [0.1, 0.15) is 78.1 Å². The van der Waals surface area contributed by atoms with E-state index in [1.54, 1.807) is 0 Å². The predicted molar refractivity (Wildman–Crippen MR) is 57.5 cm³/mol. The molecule has 0 atom stereocenters. The second kappa shape index (κ2) is 11.0.